The molecule has 0 saturated heterocycles. The minimum Gasteiger partial charge on any atom is -0.494 e. The molecule has 0 aliphatic carbocycles. The smallest absolute Gasteiger partial charge is 0.303 e. The van der Waals surface area contributed by atoms with Gasteiger partial charge in [-0.2, -0.15) is 10.2 Å². The van der Waals surface area contributed by atoms with Gasteiger partial charge in [-0.15, -0.1) is 0 Å². The van der Waals surface area contributed by atoms with E-state index in [1.165, 1.54) is 12.4 Å². The van der Waals surface area contributed by atoms with Gasteiger partial charge in [-0.25, -0.2) is 0 Å². The first kappa shape index (κ1) is 16.4. The molecule has 0 bridgehead atoms. The Bertz CT molecular complexity index is 644. The monoisotopic (exact) mass is 315 g/mol. The molecule has 0 aliphatic rings. The van der Waals surface area contributed by atoms with Gasteiger partial charge in [0.25, 0.3) is 5.91 Å². The molecule has 0 unspecified atom stereocenters. The fraction of sp³-hybridized carbons (Fsp3) is 0.250. The SMILES string of the molecule is O=C(O)CCCOc1ccc(CNC(=O)c2ccnnc2)cc1. The molecule has 2 N–H and O–H groups in total. The zero-order valence-electron chi connectivity index (χ0n) is 12.4. The first-order valence-corrected chi connectivity index (χ1v) is 7.13. The normalized spacial score (nSPS) is 10.1. The zero-order valence-corrected chi connectivity index (χ0v) is 12.4. The molecule has 0 radical (unpaired) electrons. The molecule has 0 fully saturated rings. The summed E-state index contributed by atoms with van der Waals surface area (Å²) in [6, 6.07) is 8.86. The number of carboxylic acid groups (broad SMARTS) is 1. The molecule has 0 atom stereocenters. The van der Waals surface area contributed by atoms with E-state index in [2.05, 4.69) is 15.5 Å². The second kappa shape index (κ2) is 8.47. The van der Waals surface area contributed by atoms with Crippen molar-refractivity contribution in [3.8, 4) is 5.75 Å². The Morgan fingerprint density at radius 3 is 2.57 bits per heavy atom. The number of carboxylic acids is 1. The zero-order chi connectivity index (χ0) is 16.5. The van der Waals surface area contributed by atoms with Crippen LogP contribution in [0.2, 0.25) is 0 Å². The fourth-order valence-electron chi connectivity index (χ4n) is 1.83. The molecule has 0 spiro atoms. The largest absolute Gasteiger partial charge is 0.494 e. The van der Waals surface area contributed by atoms with Crippen LogP contribution in [0.15, 0.2) is 42.7 Å². The van der Waals surface area contributed by atoms with Gasteiger partial charge in [-0.05, 0) is 30.2 Å². The third-order valence-electron chi connectivity index (χ3n) is 3.03. The molecular formula is C16H17N3O4. The summed E-state index contributed by atoms with van der Waals surface area (Å²) in [6.45, 7) is 0.748. The average molecular weight is 315 g/mol. The van der Waals surface area contributed by atoms with Gasteiger partial charge in [0.05, 0.1) is 24.6 Å². The van der Waals surface area contributed by atoms with E-state index < -0.39 is 5.97 Å². The number of carbonyl (C=O) groups is 2. The predicted octanol–water partition coefficient (Wildman–Crippen LogP) is 1.65. The number of ether oxygens (including phenoxy) is 1. The maximum atomic E-state index is 11.9. The second-order valence-electron chi connectivity index (χ2n) is 4.80. The number of aromatic nitrogens is 2. The van der Waals surface area contributed by atoms with Crippen molar-refractivity contribution in [1.29, 1.82) is 0 Å². The van der Waals surface area contributed by atoms with E-state index in [0.29, 0.717) is 30.9 Å². The standard InChI is InChI=1S/C16H17N3O4/c20-15(21)2-1-9-23-14-5-3-12(4-6-14)10-17-16(22)13-7-8-18-19-11-13/h3-8,11H,1-2,9-10H2,(H,17,22)(H,20,21). The minimum absolute atomic E-state index is 0.0912. The highest BCUT2D eigenvalue weighted by atomic mass is 16.5. The van der Waals surface area contributed by atoms with Crippen LogP contribution in [0.4, 0.5) is 0 Å². The first-order valence-electron chi connectivity index (χ1n) is 7.13. The van der Waals surface area contributed by atoms with E-state index in [-0.39, 0.29) is 12.3 Å². The summed E-state index contributed by atoms with van der Waals surface area (Å²) < 4.78 is 5.44. The number of rotatable bonds is 8. The summed E-state index contributed by atoms with van der Waals surface area (Å²) in [7, 11) is 0. The summed E-state index contributed by atoms with van der Waals surface area (Å²) in [4.78, 5) is 22.3. The van der Waals surface area contributed by atoms with E-state index in [9.17, 15) is 9.59 Å². The summed E-state index contributed by atoms with van der Waals surface area (Å²) in [6.07, 6.45) is 3.43. The summed E-state index contributed by atoms with van der Waals surface area (Å²) in [5, 5.41) is 18.6. The average Bonchev–Trinajstić information content (AvgIpc) is 2.58. The van der Waals surface area contributed by atoms with Gasteiger partial charge in [0.2, 0.25) is 0 Å². The molecule has 2 aromatic rings. The number of carbonyl (C=O) groups excluding carboxylic acids is 1. The molecule has 2 rings (SSSR count). The second-order valence-corrected chi connectivity index (χ2v) is 4.80. The molecule has 1 amide bonds. The van der Waals surface area contributed by atoms with Gasteiger partial charge in [-0.1, -0.05) is 12.1 Å². The molecule has 7 heteroatoms. The number of aliphatic carboxylic acids is 1. The number of amides is 1. The summed E-state index contributed by atoms with van der Waals surface area (Å²) in [5.74, 6) is -0.373. The van der Waals surface area contributed by atoms with Crippen molar-refractivity contribution in [2.45, 2.75) is 19.4 Å². The quantitative estimate of drug-likeness (QED) is 0.718. The van der Waals surface area contributed by atoms with Crippen molar-refractivity contribution >= 4 is 11.9 Å². The van der Waals surface area contributed by atoms with Crippen LogP contribution >= 0.6 is 0 Å². The van der Waals surface area contributed by atoms with Crippen molar-refractivity contribution < 1.29 is 19.4 Å². The number of hydrogen-bond acceptors (Lipinski definition) is 5. The van der Waals surface area contributed by atoms with Gasteiger partial charge >= 0.3 is 5.97 Å². The fourth-order valence-corrected chi connectivity index (χ4v) is 1.83. The summed E-state index contributed by atoms with van der Waals surface area (Å²) in [5.41, 5.74) is 1.39. The van der Waals surface area contributed by atoms with Crippen LogP contribution in [0.1, 0.15) is 28.8 Å². The lowest BCUT2D eigenvalue weighted by atomic mass is 10.2. The first-order chi connectivity index (χ1) is 11.1. The van der Waals surface area contributed by atoms with Gasteiger partial charge in [-0.3, -0.25) is 9.59 Å². The van der Waals surface area contributed by atoms with E-state index in [1.807, 2.05) is 12.1 Å². The van der Waals surface area contributed by atoms with Crippen LogP contribution in [0.5, 0.6) is 5.75 Å². The molecule has 1 heterocycles. The summed E-state index contributed by atoms with van der Waals surface area (Å²) >= 11 is 0. The number of nitrogens with zero attached hydrogens (tertiary/aromatic N) is 2. The van der Waals surface area contributed by atoms with Gasteiger partial charge in [0.1, 0.15) is 5.75 Å². The third kappa shape index (κ3) is 5.74. The van der Waals surface area contributed by atoms with Crippen molar-refractivity contribution in [3.63, 3.8) is 0 Å². The third-order valence-corrected chi connectivity index (χ3v) is 3.03. The van der Waals surface area contributed by atoms with E-state index in [1.54, 1.807) is 18.2 Å². The number of benzene rings is 1. The topological polar surface area (TPSA) is 101 Å². The Morgan fingerprint density at radius 1 is 1.13 bits per heavy atom. The van der Waals surface area contributed by atoms with Gasteiger partial charge in [0.15, 0.2) is 0 Å². The molecule has 1 aromatic carbocycles. The van der Waals surface area contributed by atoms with Crippen LogP contribution in [-0.2, 0) is 11.3 Å². The van der Waals surface area contributed by atoms with Crippen LogP contribution in [0.25, 0.3) is 0 Å². The Morgan fingerprint density at radius 2 is 1.91 bits per heavy atom. The lowest BCUT2D eigenvalue weighted by Gasteiger charge is -2.08. The Balaban J connectivity index is 1.76. The van der Waals surface area contributed by atoms with Crippen molar-refractivity contribution in [3.05, 3.63) is 53.9 Å². The van der Waals surface area contributed by atoms with E-state index in [0.717, 1.165) is 5.56 Å². The predicted molar refractivity (Wildman–Crippen MR) is 82.0 cm³/mol. The molecule has 23 heavy (non-hydrogen) atoms. The maximum Gasteiger partial charge on any atom is 0.303 e. The molecule has 7 nitrogen and oxygen atoms in total. The number of nitrogens with one attached hydrogen (secondary N) is 1. The molecule has 1 aromatic heterocycles. The highest BCUT2D eigenvalue weighted by molar-refractivity contribution is 5.93. The molecule has 120 valence electrons. The number of hydrogen-bond donors (Lipinski definition) is 2. The van der Waals surface area contributed by atoms with Crippen molar-refractivity contribution in [2.75, 3.05) is 6.61 Å². The van der Waals surface area contributed by atoms with Gasteiger partial charge < -0.3 is 15.2 Å². The van der Waals surface area contributed by atoms with Crippen LogP contribution in [0, 0.1) is 0 Å². The molecular weight excluding hydrogens is 298 g/mol. The molecule has 0 aliphatic heterocycles. The molecule has 0 saturated carbocycles. The van der Waals surface area contributed by atoms with Crippen molar-refractivity contribution in [2.24, 2.45) is 0 Å². The Kier molecular flexibility index (Phi) is 6.05. The minimum atomic E-state index is -0.830. The lowest BCUT2D eigenvalue weighted by Crippen LogP contribution is -2.22. The van der Waals surface area contributed by atoms with E-state index in [4.69, 9.17) is 9.84 Å². The van der Waals surface area contributed by atoms with Crippen LogP contribution in [-0.4, -0.2) is 33.8 Å². The Hall–Kier alpha value is -2.96. The van der Waals surface area contributed by atoms with E-state index >= 15 is 0 Å². The highest BCUT2D eigenvalue weighted by Gasteiger charge is 2.05. The van der Waals surface area contributed by atoms with Crippen LogP contribution in [0.3, 0.4) is 0 Å². The highest BCUT2D eigenvalue weighted by Crippen LogP contribution is 2.12. The Labute approximate surface area is 133 Å². The van der Waals surface area contributed by atoms with Crippen LogP contribution < -0.4 is 10.1 Å². The van der Waals surface area contributed by atoms with Gasteiger partial charge in [0, 0.05) is 13.0 Å². The lowest BCUT2D eigenvalue weighted by molar-refractivity contribution is -0.137. The van der Waals surface area contributed by atoms with Crippen molar-refractivity contribution in [1.82, 2.24) is 15.5 Å². The maximum absolute atomic E-state index is 11.9.